The Morgan fingerprint density at radius 3 is 3.00 bits per heavy atom. The summed E-state index contributed by atoms with van der Waals surface area (Å²) in [5.74, 6) is 0. The lowest BCUT2D eigenvalue weighted by atomic mass is 10.5. The zero-order chi connectivity index (χ0) is 9.52. The van der Waals surface area contributed by atoms with Gasteiger partial charge in [0.2, 0.25) is 0 Å². The second kappa shape index (κ2) is 5.83. The van der Waals surface area contributed by atoms with E-state index >= 15 is 0 Å². The minimum Gasteiger partial charge on any atom is -0.257 e. The minimum absolute atomic E-state index is 0.913. The van der Waals surface area contributed by atoms with Gasteiger partial charge in [-0.2, -0.15) is 0 Å². The summed E-state index contributed by atoms with van der Waals surface area (Å²) in [5, 5.41) is 1.89. The Morgan fingerprint density at radius 1 is 1.62 bits per heavy atom. The number of hydrogen-bond donors (Lipinski definition) is 0. The lowest BCUT2D eigenvalue weighted by Crippen LogP contribution is -1.73. The van der Waals surface area contributed by atoms with Crippen molar-refractivity contribution >= 4 is 28.3 Å². The van der Waals surface area contributed by atoms with Gasteiger partial charge >= 0.3 is 0 Å². The number of aliphatic imine (C=N–C) groups is 1. The van der Waals surface area contributed by atoms with Crippen molar-refractivity contribution in [3.63, 3.8) is 0 Å². The van der Waals surface area contributed by atoms with E-state index in [1.807, 2.05) is 31.2 Å². The first kappa shape index (κ1) is 10.3. The first-order valence-corrected chi connectivity index (χ1v) is 5.90. The van der Waals surface area contributed by atoms with Gasteiger partial charge < -0.3 is 0 Å². The summed E-state index contributed by atoms with van der Waals surface area (Å²) in [7, 11) is 3.14. The molecule has 0 aromatic carbocycles. The number of nitrogens with zero attached hydrogens (tertiary/aromatic N) is 2. The van der Waals surface area contributed by atoms with Crippen molar-refractivity contribution in [3.05, 3.63) is 35.5 Å². The van der Waals surface area contributed by atoms with Crippen LogP contribution in [0.15, 0.2) is 45.5 Å². The average molecular weight is 210 g/mol. The van der Waals surface area contributed by atoms with Crippen LogP contribution >= 0.6 is 21.6 Å². The molecular formula is C9H10N2S2. The maximum Gasteiger partial charge on any atom is 0.107 e. The van der Waals surface area contributed by atoms with E-state index < -0.39 is 0 Å². The fourth-order valence-electron chi connectivity index (χ4n) is 0.648. The molecule has 1 aromatic heterocycles. The number of allylic oxidation sites excluding steroid dienone is 1. The molecule has 1 rings (SSSR count). The summed E-state index contributed by atoms with van der Waals surface area (Å²) >= 11 is 0. The third-order valence-electron chi connectivity index (χ3n) is 1.25. The van der Waals surface area contributed by atoms with E-state index in [4.69, 9.17) is 0 Å². The molecule has 0 radical (unpaired) electrons. The van der Waals surface area contributed by atoms with Gasteiger partial charge in [0.05, 0.1) is 0 Å². The van der Waals surface area contributed by atoms with E-state index in [0.717, 1.165) is 10.1 Å². The van der Waals surface area contributed by atoms with Crippen LogP contribution < -0.4 is 0 Å². The molecule has 68 valence electrons. The Hall–Kier alpha value is -0.740. The van der Waals surface area contributed by atoms with Gasteiger partial charge in [0, 0.05) is 6.20 Å². The van der Waals surface area contributed by atoms with Crippen LogP contribution in [0.4, 0.5) is 0 Å². The molecular weight excluding hydrogens is 200 g/mol. The standard InChI is InChI=1S/C9H10N2S2/c1-3-8(10-2)12-13-9-6-4-5-7-11-9/h3-7H,2H2,1H3/b8-3+. The summed E-state index contributed by atoms with van der Waals surface area (Å²) in [6, 6.07) is 5.83. The molecule has 13 heavy (non-hydrogen) atoms. The summed E-state index contributed by atoms with van der Waals surface area (Å²) in [5.41, 5.74) is 0. The Morgan fingerprint density at radius 2 is 2.46 bits per heavy atom. The third kappa shape index (κ3) is 3.65. The molecule has 1 heterocycles. The van der Waals surface area contributed by atoms with E-state index in [2.05, 4.69) is 16.7 Å². The first-order valence-electron chi connectivity index (χ1n) is 3.75. The topological polar surface area (TPSA) is 25.2 Å². The fraction of sp³-hybridized carbons (Fsp3) is 0.111. The zero-order valence-corrected chi connectivity index (χ0v) is 8.94. The molecule has 0 unspecified atom stereocenters. The van der Waals surface area contributed by atoms with E-state index in [1.54, 1.807) is 27.8 Å². The molecule has 4 heteroatoms. The van der Waals surface area contributed by atoms with Crippen LogP contribution in [0.25, 0.3) is 0 Å². The summed E-state index contributed by atoms with van der Waals surface area (Å²) in [4.78, 5) is 8.02. The molecule has 0 spiro atoms. The largest absolute Gasteiger partial charge is 0.257 e. The van der Waals surface area contributed by atoms with Gasteiger partial charge in [-0.3, -0.25) is 4.99 Å². The fourth-order valence-corrected chi connectivity index (χ4v) is 2.46. The first-order chi connectivity index (χ1) is 6.36. The smallest absolute Gasteiger partial charge is 0.107 e. The monoisotopic (exact) mass is 210 g/mol. The lowest BCUT2D eigenvalue weighted by molar-refractivity contribution is 1.14. The van der Waals surface area contributed by atoms with Crippen LogP contribution in [0.2, 0.25) is 0 Å². The molecule has 0 aliphatic heterocycles. The molecule has 0 amide bonds. The van der Waals surface area contributed by atoms with Crippen LogP contribution in [-0.4, -0.2) is 11.7 Å². The highest BCUT2D eigenvalue weighted by molar-refractivity contribution is 8.78. The molecule has 0 atom stereocenters. The Balaban J connectivity index is 2.48. The van der Waals surface area contributed by atoms with Crippen LogP contribution in [-0.2, 0) is 0 Å². The summed E-state index contributed by atoms with van der Waals surface area (Å²) in [6.07, 6.45) is 3.70. The van der Waals surface area contributed by atoms with Crippen molar-refractivity contribution in [1.29, 1.82) is 0 Å². The van der Waals surface area contributed by atoms with Crippen molar-refractivity contribution in [2.24, 2.45) is 4.99 Å². The SMILES string of the molecule is C=N/C(=C\C)SSc1ccccn1. The number of pyridine rings is 1. The summed E-state index contributed by atoms with van der Waals surface area (Å²) < 4.78 is 0. The van der Waals surface area contributed by atoms with Crippen LogP contribution in [0.1, 0.15) is 6.92 Å². The molecule has 0 aliphatic rings. The van der Waals surface area contributed by atoms with Crippen molar-refractivity contribution in [3.8, 4) is 0 Å². The second-order valence-electron chi connectivity index (χ2n) is 2.12. The van der Waals surface area contributed by atoms with E-state index in [9.17, 15) is 0 Å². The highest BCUT2D eigenvalue weighted by atomic mass is 33.1. The van der Waals surface area contributed by atoms with Gasteiger partial charge in [0.25, 0.3) is 0 Å². The van der Waals surface area contributed by atoms with Crippen molar-refractivity contribution in [2.75, 3.05) is 0 Å². The van der Waals surface area contributed by atoms with Gasteiger partial charge in [-0.05, 0) is 47.4 Å². The van der Waals surface area contributed by atoms with Crippen molar-refractivity contribution in [1.82, 2.24) is 4.98 Å². The summed E-state index contributed by atoms with van der Waals surface area (Å²) in [6.45, 7) is 5.41. The molecule has 0 fully saturated rings. The normalized spacial score (nSPS) is 11.3. The molecule has 0 aliphatic carbocycles. The van der Waals surface area contributed by atoms with Gasteiger partial charge in [0.15, 0.2) is 0 Å². The molecule has 0 bridgehead atoms. The lowest BCUT2D eigenvalue weighted by Gasteiger charge is -1.98. The average Bonchev–Trinajstić information content (AvgIpc) is 2.21. The van der Waals surface area contributed by atoms with Crippen LogP contribution in [0, 0.1) is 0 Å². The predicted octanol–water partition coefficient (Wildman–Crippen LogP) is 3.38. The Kier molecular flexibility index (Phi) is 4.64. The van der Waals surface area contributed by atoms with Crippen molar-refractivity contribution < 1.29 is 0 Å². The quantitative estimate of drug-likeness (QED) is 0.562. The predicted molar refractivity (Wildman–Crippen MR) is 61.0 cm³/mol. The minimum atomic E-state index is 0.913. The molecule has 0 saturated carbocycles. The van der Waals surface area contributed by atoms with Crippen LogP contribution in [0.5, 0.6) is 0 Å². The highest BCUT2D eigenvalue weighted by Gasteiger charge is 1.96. The van der Waals surface area contributed by atoms with Crippen molar-refractivity contribution in [2.45, 2.75) is 11.9 Å². The molecule has 2 nitrogen and oxygen atoms in total. The molecule has 0 saturated heterocycles. The van der Waals surface area contributed by atoms with E-state index in [-0.39, 0.29) is 0 Å². The molecule has 0 N–H and O–H groups in total. The van der Waals surface area contributed by atoms with Gasteiger partial charge in [0.1, 0.15) is 10.1 Å². The Bertz CT molecular complexity index is 296. The number of aromatic nitrogens is 1. The highest BCUT2D eigenvalue weighted by Crippen LogP contribution is 2.35. The third-order valence-corrected chi connectivity index (χ3v) is 3.56. The zero-order valence-electron chi connectivity index (χ0n) is 7.30. The van der Waals surface area contributed by atoms with Gasteiger partial charge in [-0.1, -0.05) is 12.1 Å². The van der Waals surface area contributed by atoms with Crippen LogP contribution in [0.3, 0.4) is 0 Å². The maximum atomic E-state index is 4.17. The maximum absolute atomic E-state index is 4.17. The van der Waals surface area contributed by atoms with E-state index in [0.29, 0.717) is 0 Å². The van der Waals surface area contributed by atoms with E-state index in [1.165, 1.54) is 0 Å². The second-order valence-corrected chi connectivity index (χ2v) is 4.29. The molecule has 1 aromatic rings. The Labute approximate surface area is 86.0 Å². The number of rotatable bonds is 4. The van der Waals surface area contributed by atoms with Gasteiger partial charge in [-0.25, -0.2) is 4.98 Å². The number of hydrogen-bond acceptors (Lipinski definition) is 4. The van der Waals surface area contributed by atoms with Gasteiger partial charge in [-0.15, -0.1) is 0 Å².